The standard InChI is InChI=1S/C25H34N4O9S2/c1-17-10-21-20(13-28(17)24(31)32)22(29(26-21)39(3,33)34)23(30)27(2)15-25(16-38-40(4,35)36)11-19(12-25)37-14-18-8-6-5-7-9-18/h5-9,17,19H,10-16H2,1-4H3,(H,31,32)/t17-,19?,25?/m1/s1. The van der Waals surface area contributed by atoms with Gasteiger partial charge in [-0.1, -0.05) is 30.3 Å². The number of aromatic nitrogens is 2. The second kappa shape index (κ2) is 11.1. The van der Waals surface area contributed by atoms with Crippen LogP contribution in [0.3, 0.4) is 0 Å². The monoisotopic (exact) mass is 598 g/mol. The number of ether oxygens (including phenoxy) is 1. The van der Waals surface area contributed by atoms with Crippen molar-refractivity contribution in [2.45, 2.75) is 51.5 Å². The Labute approximate surface area is 233 Å². The molecule has 2 amide bonds. The molecule has 13 nitrogen and oxygen atoms in total. The van der Waals surface area contributed by atoms with E-state index in [1.54, 1.807) is 6.92 Å². The molecule has 1 aromatic heterocycles. The molecule has 0 unspecified atom stereocenters. The van der Waals surface area contributed by atoms with Gasteiger partial charge in [0.05, 0.1) is 44.1 Å². The molecule has 1 saturated carbocycles. The average molecular weight is 599 g/mol. The predicted octanol–water partition coefficient (Wildman–Crippen LogP) is 1.53. The lowest BCUT2D eigenvalue weighted by Gasteiger charge is -2.48. The fourth-order valence-electron chi connectivity index (χ4n) is 5.32. The fourth-order valence-corrected chi connectivity index (χ4v) is 6.55. The lowest BCUT2D eigenvalue weighted by Crippen LogP contribution is -2.53. The van der Waals surface area contributed by atoms with E-state index < -0.39 is 43.6 Å². The summed E-state index contributed by atoms with van der Waals surface area (Å²) in [4.78, 5) is 28.0. The zero-order valence-electron chi connectivity index (χ0n) is 22.8. The molecule has 0 radical (unpaired) electrons. The minimum absolute atomic E-state index is 0.0509. The van der Waals surface area contributed by atoms with E-state index in [0.29, 0.717) is 29.2 Å². The number of hydrogen-bond acceptors (Lipinski definition) is 9. The van der Waals surface area contributed by atoms with Crippen LogP contribution in [0.25, 0.3) is 0 Å². The molecule has 2 aromatic rings. The first kappa shape index (κ1) is 30.0. The summed E-state index contributed by atoms with van der Waals surface area (Å²) in [5, 5.41) is 13.8. The molecule has 0 saturated heterocycles. The van der Waals surface area contributed by atoms with E-state index in [4.69, 9.17) is 8.92 Å². The van der Waals surface area contributed by atoms with E-state index in [-0.39, 0.29) is 43.5 Å². The maximum Gasteiger partial charge on any atom is 0.407 e. The zero-order chi connectivity index (χ0) is 29.5. The van der Waals surface area contributed by atoms with Crippen molar-refractivity contribution in [2.75, 3.05) is 32.7 Å². The van der Waals surface area contributed by atoms with Gasteiger partial charge in [0.25, 0.3) is 26.0 Å². The van der Waals surface area contributed by atoms with Gasteiger partial charge in [-0.3, -0.25) is 8.98 Å². The second-order valence-corrected chi connectivity index (χ2v) is 14.3. The molecule has 2 aliphatic rings. The van der Waals surface area contributed by atoms with E-state index in [9.17, 15) is 31.5 Å². The van der Waals surface area contributed by atoms with Crippen LogP contribution in [0.1, 0.15) is 47.1 Å². The molecule has 1 aliphatic carbocycles. The lowest BCUT2D eigenvalue weighted by molar-refractivity contribution is -0.110. The van der Waals surface area contributed by atoms with Gasteiger partial charge in [0.1, 0.15) is 5.69 Å². The summed E-state index contributed by atoms with van der Waals surface area (Å²) in [5.74, 6) is -0.675. The maximum atomic E-state index is 13.8. The number of hydrogen-bond donors (Lipinski definition) is 1. The van der Waals surface area contributed by atoms with Crippen LogP contribution in [0.2, 0.25) is 0 Å². The van der Waals surface area contributed by atoms with Gasteiger partial charge in [-0.25, -0.2) is 13.2 Å². The third kappa shape index (κ3) is 6.65. The molecule has 40 heavy (non-hydrogen) atoms. The van der Waals surface area contributed by atoms with E-state index in [0.717, 1.165) is 23.0 Å². The Morgan fingerprint density at radius 1 is 1.15 bits per heavy atom. The number of carbonyl (C=O) groups is 2. The Bertz CT molecular complexity index is 1480. The topological polar surface area (TPSA) is 165 Å². The SMILES string of the molecule is C[C@@H]1Cc2nn(S(C)(=O)=O)c(C(=O)N(C)CC3(COS(C)(=O)=O)CC(OCc4ccccc4)C3)c2CN1C(=O)O. The van der Waals surface area contributed by atoms with Gasteiger partial charge in [-0.2, -0.15) is 17.6 Å². The van der Waals surface area contributed by atoms with Crippen LogP contribution in [-0.2, 0) is 48.6 Å². The molecule has 1 aromatic carbocycles. The minimum Gasteiger partial charge on any atom is -0.465 e. The summed E-state index contributed by atoms with van der Waals surface area (Å²) < 4.78 is 60.5. The summed E-state index contributed by atoms with van der Waals surface area (Å²) in [5.41, 5.74) is 0.589. The second-order valence-electron chi connectivity index (χ2n) is 10.8. The van der Waals surface area contributed by atoms with Crippen molar-refractivity contribution in [1.29, 1.82) is 0 Å². The average Bonchev–Trinajstić information content (AvgIpc) is 3.22. The van der Waals surface area contributed by atoms with Crippen LogP contribution in [0.4, 0.5) is 4.79 Å². The summed E-state index contributed by atoms with van der Waals surface area (Å²) in [7, 11) is -6.28. The third-order valence-electron chi connectivity index (χ3n) is 7.30. The van der Waals surface area contributed by atoms with Crippen molar-refractivity contribution < 1.29 is 40.5 Å². The number of carboxylic acid groups (broad SMARTS) is 1. The van der Waals surface area contributed by atoms with Crippen LogP contribution < -0.4 is 0 Å². The van der Waals surface area contributed by atoms with Crippen molar-refractivity contribution in [1.82, 2.24) is 19.0 Å². The highest BCUT2D eigenvalue weighted by molar-refractivity contribution is 7.89. The van der Waals surface area contributed by atoms with Crippen molar-refractivity contribution >= 4 is 32.1 Å². The zero-order valence-corrected chi connectivity index (χ0v) is 24.4. The highest BCUT2D eigenvalue weighted by atomic mass is 32.2. The van der Waals surface area contributed by atoms with Crippen molar-refractivity contribution in [2.24, 2.45) is 5.41 Å². The minimum atomic E-state index is -4.00. The largest absolute Gasteiger partial charge is 0.465 e. The first-order valence-corrected chi connectivity index (χ1v) is 16.3. The molecule has 0 spiro atoms. The lowest BCUT2D eigenvalue weighted by atomic mass is 9.67. The molecule has 1 atom stereocenters. The van der Waals surface area contributed by atoms with Gasteiger partial charge < -0.3 is 19.6 Å². The number of fused-ring (bicyclic) bond motifs is 1. The van der Waals surface area contributed by atoms with Crippen LogP contribution >= 0.6 is 0 Å². The molecular formula is C25H34N4O9S2. The maximum absolute atomic E-state index is 13.8. The molecule has 1 N–H and O–H groups in total. The molecule has 1 fully saturated rings. The van der Waals surface area contributed by atoms with Crippen LogP contribution in [0.5, 0.6) is 0 Å². The molecule has 220 valence electrons. The quantitative estimate of drug-likeness (QED) is 0.396. The summed E-state index contributed by atoms with van der Waals surface area (Å²) in [6, 6.07) is 9.13. The Kier molecular flexibility index (Phi) is 8.32. The van der Waals surface area contributed by atoms with Gasteiger partial charge in [0.15, 0.2) is 0 Å². The van der Waals surface area contributed by atoms with Crippen molar-refractivity contribution in [3.8, 4) is 0 Å². The fraction of sp³-hybridized carbons (Fsp3) is 0.560. The van der Waals surface area contributed by atoms with Crippen molar-refractivity contribution in [3.05, 3.63) is 52.8 Å². The van der Waals surface area contributed by atoms with Gasteiger partial charge in [0, 0.05) is 37.0 Å². The molecule has 0 bridgehead atoms. The number of benzene rings is 1. The van der Waals surface area contributed by atoms with Crippen LogP contribution in [-0.4, -0.2) is 97.8 Å². The Balaban J connectivity index is 1.56. The summed E-state index contributed by atoms with van der Waals surface area (Å²) in [6.07, 6.45) is 1.48. The van der Waals surface area contributed by atoms with Gasteiger partial charge in [0.2, 0.25) is 0 Å². The Morgan fingerprint density at radius 2 is 1.80 bits per heavy atom. The first-order chi connectivity index (χ1) is 18.6. The van der Waals surface area contributed by atoms with E-state index in [1.165, 1.54) is 11.9 Å². The highest BCUT2D eigenvalue weighted by Gasteiger charge is 2.48. The summed E-state index contributed by atoms with van der Waals surface area (Å²) >= 11 is 0. The third-order valence-corrected chi connectivity index (χ3v) is 8.74. The summed E-state index contributed by atoms with van der Waals surface area (Å²) in [6.45, 7) is 1.75. The van der Waals surface area contributed by atoms with Gasteiger partial charge in [-0.05, 0) is 25.3 Å². The molecule has 4 rings (SSSR count). The molecule has 15 heteroatoms. The highest BCUT2D eigenvalue weighted by Crippen LogP contribution is 2.44. The van der Waals surface area contributed by atoms with Crippen LogP contribution in [0, 0.1) is 5.41 Å². The molecular weight excluding hydrogens is 564 g/mol. The molecule has 2 heterocycles. The Hall–Kier alpha value is -3.01. The first-order valence-electron chi connectivity index (χ1n) is 12.6. The smallest absolute Gasteiger partial charge is 0.407 e. The number of carbonyl (C=O) groups excluding carboxylic acids is 1. The van der Waals surface area contributed by atoms with Gasteiger partial charge >= 0.3 is 6.09 Å². The van der Waals surface area contributed by atoms with Crippen LogP contribution in [0.15, 0.2) is 30.3 Å². The number of rotatable bonds is 10. The van der Waals surface area contributed by atoms with E-state index in [2.05, 4.69) is 5.10 Å². The van der Waals surface area contributed by atoms with E-state index in [1.807, 2.05) is 30.3 Å². The number of nitrogens with zero attached hydrogens (tertiary/aromatic N) is 4. The predicted molar refractivity (Wildman–Crippen MR) is 144 cm³/mol. The Morgan fingerprint density at radius 3 is 2.38 bits per heavy atom. The van der Waals surface area contributed by atoms with E-state index >= 15 is 0 Å². The number of amides is 2. The normalized spacial score (nSPS) is 22.9. The molecule has 1 aliphatic heterocycles. The van der Waals surface area contributed by atoms with Crippen molar-refractivity contribution in [3.63, 3.8) is 0 Å². The van der Waals surface area contributed by atoms with Gasteiger partial charge in [-0.15, -0.1) is 0 Å².